The predicted octanol–water partition coefficient (Wildman–Crippen LogP) is 2.26. The molecular formula is C13H21N3O2. The van der Waals surface area contributed by atoms with Crippen molar-refractivity contribution in [3.8, 4) is 0 Å². The third kappa shape index (κ3) is 3.68. The first-order valence-electron chi connectivity index (χ1n) is 6.31. The number of aryl methyl sites for hydroxylation is 2. The van der Waals surface area contributed by atoms with Gasteiger partial charge in [-0.05, 0) is 19.3 Å². The zero-order valence-corrected chi connectivity index (χ0v) is 11.4. The monoisotopic (exact) mass is 251 g/mol. The molecule has 100 valence electrons. The highest BCUT2D eigenvalue weighted by atomic mass is 16.4. The Hall–Kier alpha value is -1.65. The summed E-state index contributed by atoms with van der Waals surface area (Å²) in [5.41, 5.74) is 0.915. The smallest absolute Gasteiger partial charge is 0.326 e. The van der Waals surface area contributed by atoms with Gasteiger partial charge in [-0.15, -0.1) is 0 Å². The lowest BCUT2D eigenvalue weighted by Gasteiger charge is -2.21. The molecule has 0 aliphatic heterocycles. The van der Waals surface area contributed by atoms with E-state index in [9.17, 15) is 9.90 Å². The Morgan fingerprint density at radius 3 is 2.61 bits per heavy atom. The molecule has 0 unspecified atom stereocenters. The minimum Gasteiger partial charge on any atom is -0.480 e. The van der Waals surface area contributed by atoms with E-state index in [4.69, 9.17) is 0 Å². The van der Waals surface area contributed by atoms with Crippen molar-refractivity contribution < 1.29 is 9.90 Å². The number of carboxylic acids is 1. The van der Waals surface area contributed by atoms with E-state index in [1.165, 1.54) is 0 Å². The summed E-state index contributed by atoms with van der Waals surface area (Å²) in [4.78, 5) is 19.7. The van der Waals surface area contributed by atoms with Crippen molar-refractivity contribution in [2.75, 3.05) is 5.32 Å². The molecule has 0 saturated carbocycles. The van der Waals surface area contributed by atoms with E-state index in [2.05, 4.69) is 15.3 Å². The van der Waals surface area contributed by atoms with Crippen molar-refractivity contribution >= 4 is 11.8 Å². The lowest BCUT2D eigenvalue weighted by Crippen LogP contribution is -2.35. The van der Waals surface area contributed by atoms with Gasteiger partial charge in [-0.25, -0.2) is 14.8 Å². The molecule has 1 aromatic heterocycles. The highest BCUT2D eigenvalue weighted by molar-refractivity contribution is 5.77. The Labute approximate surface area is 108 Å². The first-order chi connectivity index (χ1) is 8.47. The van der Waals surface area contributed by atoms with Crippen LogP contribution in [0.4, 0.5) is 5.82 Å². The summed E-state index contributed by atoms with van der Waals surface area (Å²) in [6.45, 7) is 7.71. The maximum absolute atomic E-state index is 11.2. The normalized spacial score (nSPS) is 14.0. The van der Waals surface area contributed by atoms with Crippen molar-refractivity contribution in [1.29, 1.82) is 0 Å². The summed E-state index contributed by atoms with van der Waals surface area (Å²) in [6.07, 6.45) is 1.60. The van der Waals surface area contributed by atoms with Gasteiger partial charge in [0.25, 0.3) is 0 Å². The molecule has 0 bridgehead atoms. The molecule has 0 aliphatic carbocycles. The number of hydrogen-bond donors (Lipinski definition) is 2. The molecule has 0 saturated heterocycles. The third-order valence-corrected chi connectivity index (χ3v) is 3.04. The molecule has 1 aromatic rings. The fourth-order valence-corrected chi connectivity index (χ4v) is 1.73. The molecular weight excluding hydrogens is 230 g/mol. The summed E-state index contributed by atoms with van der Waals surface area (Å²) in [7, 11) is 0. The number of carbonyl (C=O) groups is 1. The molecule has 2 N–H and O–H groups in total. The van der Waals surface area contributed by atoms with Crippen molar-refractivity contribution in [1.82, 2.24) is 9.97 Å². The molecule has 0 amide bonds. The average Bonchev–Trinajstić information content (AvgIpc) is 2.34. The van der Waals surface area contributed by atoms with Crippen LogP contribution in [0.5, 0.6) is 0 Å². The van der Waals surface area contributed by atoms with Gasteiger partial charge in [-0.3, -0.25) is 0 Å². The number of hydrogen-bond acceptors (Lipinski definition) is 4. The van der Waals surface area contributed by atoms with Crippen molar-refractivity contribution in [2.24, 2.45) is 5.92 Å². The summed E-state index contributed by atoms with van der Waals surface area (Å²) in [5.74, 6) is 0.443. The largest absolute Gasteiger partial charge is 0.480 e. The molecule has 1 heterocycles. The molecule has 0 spiro atoms. The van der Waals surface area contributed by atoms with E-state index in [-0.39, 0.29) is 5.92 Å². The van der Waals surface area contributed by atoms with Crippen molar-refractivity contribution in [3.05, 3.63) is 17.6 Å². The minimum atomic E-state index is -0.848. The Balaban J connectivity index is 2.93. The van der Waals surface area contributed by atoms with Crippen LogP contribution >= 0.6 is 0 Å². The Kier molecular flexibility index (Phi) is 5.07. The van der Waals surface area contributed by atoms with Gasteiger partial charge in [-0.2, -0.15) is 0 Å². The highest BCUT2D eigenvalue weighted by Gasteiger charge is 2.23. The van der Waals surface area contributed by atoms with Crippen LogP contribution in [0.25, 0.3) is 0 Å². The molecule has 0 aromatic carbocycles. The number of anilines is 1. The van der Waals surface area contributed by atoms with Crippen LogP contribution in [0, 0.1) is 12.8 Å². The van der Waals surface area contributed by atoms with Crippen LogP contribution in [-0.2, 0) is 11.2 Å². The van der Waals surface area contributed by atoms with Crippen LogP contribution in [0.1, 0.15) is 38.7 Å². The quantitative estimate of drug-likeness (QED) is 0.811. The van der Waals surface area contributed by atoms with Gasteiger partial charge in [0.15, 0.2) is 0 Å². The van der Waals surface area contributed by atoms with Crippen molar-refractivity contribution in [3.63, 3.8) is 0 Å². The highest BCUT2D eigenvalue weighted by Crippen LogP contribution is 2.15. The fourth-order valence-electron chi connectivity index (χ4n) is 1.73. The van der Waals surface area contributed by atoms with Crippen LogP contribution in [-0.4, -0.2) is 27.1 Å². The molecule has 0 fully saturated rings. The number of nitrogens with zero attached hydrogens (tertiary/aromatic N) is 2. The number of carboxylic acid groups (broad SMARTS) is 1. The Morgan fingerprint density at radius 1 is 1.44 bits per heavy atom. The van der Waals surface area contributed by atoms with E-state index in [0.717, 1.165) is 18.5 Å². The molecule has 0 aliphatic rings. The molecule has 2 atom stereocenters. The van der Waals surface area contributed by atoms with E-state index in [1.807, 2.05) is 33.8 Å². The second-order valence-electron chi connectivity index (χ2n) is 4.49. The number of nitrogens with one attached hydrogen (secondary N) is 1. The van der Waals surface area contributed by atoms with E-state index in [0.29, 0.717) is 11.6 Å². The zero-order chi connectivity index (χ0) is 13.7. The van der Waals surface area contributed by atoms with Gasteiger partial charge in [0.05, 0.1) is 0 Å². The van der Waals surface area contributed by atoms with E-state index < -0.39 is 12.0 Å². The van der Waals surface area contributed by atoms with Gasteiger partial charge in [-0.1, -0.05) is 27.2 Å². The number of aromatic nitrogens is 2. The zero-order valence-electron chi connectivity index (χ0n) is 11.4. The summed E-state index contributed by atoms with van der Waals surface area (Å²) in [5, 5.41) is 12.2. The second kappa shape index (κ2) is 6.33. The Morgan fingerprint density at radius 2 is 2.11 bits per heavy atom. The molecule has 5 nitrogen and oxygen atoms in total. The van der Waals surface area contributed by atoms with Crippen LogP contribution in [0.15, 0.2) is 6.07 Å². The average molecular weight is 251 g/mol. The maximum Gasteiger partial charge on any atom is 0.326 e. The molecule has 5 heteroatoms. The molecule has 1 rings (SSSR count). The van der Waals surface area contributed by atoms with Crippen molar-refractivity contribution in [2.45, 2.75) is 46.6 Å². The van der Waals surface area contributed by atoms with Gasteiger partial charge in [0.1, 0.15) is 17.7 Å². The lowest BCUT2D eigenvalue weighted by molar-refractivity contribution is -0.139. The van der Waals surface area contributed by atoms with Crippen LogP contribution in [0.3, 0.4) is 0 Å². The van der Waals surface area contributed by atoms with Crippen LogP contribution in [0.2, 0.25) is 0 Å². The van der Waals surface area contributed by atoms with Crippen LogP contribution < -0.4 is 5.32 Å². The lowest BCUT2D eigenvalue weighted by atomic mass is 9.99. The summed E-state index contributed by atoms with van der Waals surface area (Å²) < 4.78 is 0. The number of aliphatic carboxylic acids is 1. The van der Waals surface area contributed by atoms with Gasteiger partial charge < -0.3 is 10.4 Å². The maximum atomic E-state index is 11.2. The first-order valence-corrected chi connectivity index (χ1v) is 6.31. The standard InChI is InChI=1S/C13H21N3O2/c1-5-8(3)12(13(17)18)16-11-7-10(6-2)14-9(4)15-11/h7-8,12H,5-6H2,1-4H3,(H,17,18)(H,14,15,16)/t8-,12-/m0/s1. The predicted molar refractivity (Wildman–Crippen MR) is 70.6 cm³/mol. The van der Waals surface area contributed by atoms with Gasteiger partial charge >= 0.3 is 5.97 Å². The SMILES string of the molecule is CCc1cc(N[C@H](C(=O)O)[C@@H](C)CC)nc(C)n1. The first kappa shape index (κ1) is 14.4. The summed E-state index contributed by atoms with van der Waals surface area (Å²) >= 11 is 0. The van der Waals surface area contributed by atoms with Gasteiger partial charge in [0.2, 0.25) is 0 Å². The topological polar surface area (TPSA) is 75.1 Å². The van der Waals surface area contributed by atoms with Gasteiger partial charge in [0, 0.05) is 11.8 Å². The van der Waals surface area contributed by atoms with E-state index >= 15 is 0 Å². The minimum absolute atomic E-state index is 0.0443. The third-order valence-electron chi connectivity index (χ3n) is 3.04. The second-order valence-corrected chi connectivity index (χ2v) is 4.49. The van der Waals surface area contributed by atoms with E-state index in [1.54, 1.807) is 0 Å². The molecule has 0 radical (unpaired) electrons. The number of rotatable bonds is 6. The molecule has 18 heavy (non-hydrogen) atoms. The Bertz CT molecular complexity index is 421. The summed E-state index contributed by atoms with van der Waals surface area (Å²) in [6, 6.07) is 1.19. The fraction of sp³-hybridized carbons (Fsp3) is 0.615.